The Morgan fingerprint density at radius 2 is 1.68 bits per heavy atom. The van der Waals surface area contributed by atoms with Crippen LogP contribution in [0, 0.1) is 0 Å². The fraction of sp³-hybridized carbons (Fsp3) is 0.0800. The van der Waals surface area contributed by atoms with Crippen molar-refractivity contribution in [3.05, 3.63) is 78.9 Å². The summed E-state index contributed by atoms with van der Waals surface area (Å²) < 4.78 is 1.16. The molecule has 0 aliphatic heterocycles. The van der Waals surface area contributed by atoms with Gasteiger partial charge in [-0.3, -0.25) is 0 Å². The van der Waals surface area contributed by atoms with Gasteiger partial charge in [0.15, 0.2) is 0 Å². The standard InChI is InChI=1S/C25H20N4OS/c1-29(2)19-11-9-18(10-12-19)27-28-24-20-13-7-17(15-16(20)8-14-22(24)30)25-26-21-5-3-4-6-23(21)31-25/h3-15,30H,1-2H3. The van der Waals surface area contributed by atoms with Gasteiger partial charge in [-0.05, 0) is 53.9 Å². The van der Waals surface area contributed by atoms with Crippen LogP contribution in [0.2, 0.25) is 0 Å². The predicted octanol–water partition coefficient (Wildman–Crippen LogP) is 7.30. The smallest absolute Gasteiger partial charge is 0.143 e. The molecule has 0 bridgehead atoms. The summed E-state index contributed by atoms with van der Waals surface area (Å²) >= 11 is 1.67. The van der Waals surface area contributed by atoms with Gasteiger partial charge >= 0.3 is 0 Å². The number of hydrogen-bond donors (Lipinski definition) is 1. The Morgan fingerprint density at radius 1 is 0.871 bits per heavy atom. The van der Waals surface area contributed by atoms with Crippen molar-refractivity contribution in [1.82, 2.24) is 4.98 Å². The van der Waals surface area contributed by atoms with E-state index in [4.69, 9.17) is 4.98 Å². The third kappa shape index (κ3) is 3.73. The van der Waals surface area contributed by atoms with Gasteiger partial charge in [0.2, 0.25) is 0 Å². The number of aromatic nitrogens is 1. The highest BCUT2D eigenvalue weighted by atomic mass is 32.1. The summed E-state index contributed by atoms with van der Waals surface area (Å²) in [6.45, 7) is 0. The van der Waals surface area contributed by atoms with E-state index in [2.05, 4.69) is 22.4 Å². The molecule has 5 aromatic rings. The summed E-state index contributed by atoms with van der Waals surface area (Å²) in [4.78, 5) is 6.78. The molecule has 0 amide bonds. The molecule has 0 unspecified atom stereocenters. The lowest BCUT2D eigenvalue weighted by atomic mass is 10.1. The van der Waals surface area contributed by atoms with Gasteiger partial charge in [0.05, 0.1) is 15.9 Å². The summed E-state index contributed by atoms with van der Waals surface area (Å²) in [6, 6.07) is 25.6. The maximum atomic E-state index is 10.4. The van der Waals surface area contributed by atoms with Crippen molar-refractivity contribution >= 4 is 49.4 Å². The lowest BCUT2D eigenvalue weighted by Gasteiger charge is -2.11. The molecule has 31 heavy (non-hydrogen) atoms. The number of rotatable bonds is 4. The van der Waals surface area contributed by atoms with E-state index in [1.54, 1.807) is 17.4 Å². The van der Waals surface area contributed by atoms with Crippen molar-refractivity contribution in [1.29, 1.82) is 0 Å². The van der Waals surface area contributed by atoms with Crippen molar-refractivity contribution in [2.75, 3.05) is 19.0 Å². The van der Waals surface area contributed by atoms with Crippen LogP contribution in [0.4, 0.5) is 17.1 Å². The van der Waals surface area contributed by atoms with E-state index >= 15 is 0 Å². The first kappa shape index (κ1) is 19.2. The van der Waals surface area contributed by atoms with Gasteiger partial charge in [0, 0.05) is 30.7 Å². The van der Waals surface area contributed by atoms with E-state index in [0.717, 1.165) is 42.9 Å². The van der Waals surface area contributed by atoms with Gasteiger partial charge in [0.25, 0.3) is 0 Å². The molecule has 0 saturated carbocycles. The lowest BCUT2D eigenvalue weighted by molar-refractivity contribution is 0.477. The van der Waals surface area contributed by atoms with E-state index in [1.807, 2.05) is 79.7 Å². The zero-order valence-corrected chi connectivity index (χ0v) is 18.0. The molecule has 4 aromatic carbocycles. The molecule has 0 aliphatic rings. The minimum atomic E-state index is 0.105. The summed E-state index contributed by atoms with van der Waals surface area (Å²) in [5.74, 6) is 0.105. The number of hydrogen-bond acceptors (Lipinski definition) is 6. The quantitative estimate of drug-likeness (QED) is 0.308. The Kier molecular flexibility index (Phi) is 4.84. The van der Waals surface area contributed by atoms with Crippen molar-refractivity contribution in [2.24, 2.45) is 10.2 Å². The number of azo groups is 1. The molecule has 0 spiro atoms. The third-order valence-electron chi connectivity index (χ3n) is 5.14. The Balaban J connectivity index is 1.52. The van der Waals surface area contributed by atoms with Gasteiger partial charge in [0.1, 0.15) is 16.4 Å². The molecule has 5 nitrogen and oxygen atoms in total. The highest BCUT2D eigenvalue weighted by Gasteiger charge is 2.11. The van der Waals surface area contributed by atoms with Crippen molar-refractivity contribution in [2.45, 2.75) is 0 Å². The SMILES string of the molecule is CN(C)c1ccc(N=Nc2c(O)ccc3cc(-c4nc5ccccc5s4)ccc23)cc1. The lowest BCUT2D eigenvalue weighted by Crippen LogP contribution is -2.07. The fourth-order valence-electron chi connectivity index (χ4n) is 3.46. The molecule has 0 saturated heterocycles. The monoisotopic (exact) mass is 424 g/mol. The van der Waals surface area contributed by atoms with E-state index in [9.17, 15) is 5.11 Å². The Hall–Kier alpha value is -3.77. The minimum absolute atomic E-state index is 0.105. The summed E-state index contributed by atoms with van der Waals surface area (Å²) in [7, 11) is 3.99. The zero-order valence-electron chi connectivity index (χ0n) is 17.1. The van der Waals surface area contributed by atoms with Crippen LogP contribution in [0.5, 0.6) is 5.75 Å². The number of anilines is 1. The minimum Gasteiger partial charge on any atom is -0.506 e. The number of nitrogens with zero attached hydrogens (tertiary/aromatic N) is 4. The number of thiazole rings is 1. The van der Waals surface area contributed by atoms with E-state index < -0.39 is 0 Å². The van der Waals surface area contributed by atoms with Gasteiger partial charge in [-0.2, -0.15) is 5.11 Å². The first-order valence-electron chi connectivity index (χ1n) is 9.89. The normalized spacial score (nSPS) is 11.5. The predicted molar refractivity (Wildman–Crippen MR) is 129 cm³/mol. The first-order chi connectivity index (χ1) is 15.1. The first-order valence-corrected chi connectivity index (χ1v) is 10.7. The maximum absolute atomic E-state index is 10.4. The highest BCUT2D eigenvalue weighted by Crippen LogP contribution is 2.39. The molecule has 1 aromatic heterocycles. The largest absolute Gasteiger partial charge is 0.506 e. The molecule has 152 valence electrons. The van der Waals surface area contributed by atoms with Crippen LogP contribution in [0.25, 0.3) is 31.6 Å². The van der Waals surface area contributed by atoms with Crippen LogP contribution in [-0.2, 0) is 0 Å². The van der Waals surface area contributed by atoms with E-state index in [-0.39, 0.29) is 5.75 Å². The summed E-state index contributed by atoms with van der Waals surface area (Å²) in [5.41, 5.74) is 4.33. The van der Waals surface area contributed by atoms with E-state index in [0.29, 0.717) is 5.69 Å². The molecule has 0 radical (unpaired) electrons. The second-order valence-corrected chi connectivity index (χ2v) is 8.50. The van der Waals surface area contributed by atoms with E-state index in [1.165, 1.54) is 0 Å². The zero-order chi connectivity index (χ0) is 21.4. The molecule has 1 N–H and O–H groups in total. The molecular formula is C25H20N4OS. The topological polar surface area (TPSA) is 61.1 Å². The van der Waals surface area contributed by atoms with Gasteiger partial charge in [-0.15, -0.1) is 16.5 Å². The molecule has 0 atom stereocenters. The number of aromatic hydroxyl groups is 1. The second-order valence-electron chi connectivity index (χ2n) is 7.47. The van der Waals surface area contributed by atoms with Crippen LogP contribution in [0.3, 0.4) is 0 Å². The Morgan fingerprint density at radius 3 is 2.45 bits per heavy atom. The highest BCUT2D eigenvalue weighted by molar-refractivity contribution is 7.21. The summed E-state index contributed by atoms with van der Waals surface area (Å²) in [6.07, 6.45) is 0. The molecule has 6 heteroatoms. The number of benzene rings is 4. The Labute approximate surface area is 183 Å². The molecule has 5 rings (SSSR count). The van der Waals surface area contributed by atoms with Crippen LogP contribution in [-0.4, -0.2) is 24.2 Å². The number of para-hydroxylation sites is 1. The van der Waals surface area contributed by atoms with Crippen molar-refractivity contribution in [3.8, 4) is 16.3 Å². The van der Waals surface area contributed by atoms with Crippen LogP contribution in [0.1, 0.15) is 0 Å². The van der Waals surface area contributed by atoms with Gasteiger partial charge in [-0.1, -0.05) is 30.3 Å². The van der Waals surface area contributed by atoms with Crippen LogP contribution >= 0.6 is 11.3 Å². The molecule has 0 aliphatic carbocycles. The van der Waals surface area contributed by atoms with Crippen LogP contribution in [0.15, 0.2) is 89.1 Å². The average molecular weight is 425 g/mol. The summed E-state index contributed by atoms with van der Waals surface area (Å²) in [5, 5.41) is 21.9. The number of fused-ring (bicyclic) bond motifs is 2. The van der Waals surface area contributed by atoms with Gasteiger partial charge in [-0.25, -0.2) is 4.98 Å². The number of phenols is 1. The number of phenolic OH excluding ortho intramolecular Hbond substituents is 1. The maximum Gasteiger partial charge on any atom is 0.143 e. The molecular weight excluding hydrogens is 404 g/mol. The Bertz CT molecular complexity index is 1390. The molecule has 0 fully saturated rings. The van der Waals surface area contributed by atoms with Crippen LogP contribution < -0.4 is 4.90 Å². The second kappa shape index (κ2) is 7.81. The van der Waals surface area contributed by atoms with Crippen molar-refractivity contribution in [3.63, 3.8) is 0 Å². The average Bonchev–Trinajstić information content (AvgIpc) is 3.23. The van der Waals surface area contributed by atoms with Gasteiger partial charge < -0.3 is 10.0 Å². The van der Waals surface area contributed by atoms with Crippen molar-refractivity contribution < 1.29 is 5.11 Å². The third-order valence-corrected chi connectivity index (χ3v) is 6.23. The fourth-order valence-corrected chi connectivity index (χ4v) is 4.42. The molecule has 1 heterocycles.